The molecule has 3 heteroatoms. The van der Waals surface area contributed by atoms with Gasteiger partial charge in [0.1, 0.15) is 4.83 Å². The molecule has 0 aromatic carbocycles. The number of ether oxygens (including phenoxy) is 1. The number of esters is 1. The van der Waals surface area contributed by atoms with Gasteiger partial charge in [0.15, 0.2) is 0 Å². The summed E-state index contributed by atoms with van der Waals surface area (Å²) in [6, 6.07) is 0. The second-order valence-electron chi connectivity index (χ2n) is 5.23. The van der Waals surface area contributed by atoms with Gasteiger partial charge in [0.05, 0.1) is 6.61 Å². The third-order valence-corrected chi connectivity index (χ3v) is 4.38. The van der Waals surface area contributed by atoms with Crippen LogP contribution in [0.5, 0.6) is 0 Å². The standard InChI is InChI=1S/C16H31BrO2/c1-3-5-6-7-8-9-10-11-12-13-14-19-16(18)15(17)4-2/h15H,3-14H2,1-2H3. The minimum Gasteiger partial charge on any atom is -0.465 e. The number of halogens is 1. The van der Waals surface area contributed by atoms with Crippen LogP contribution in [0.15, 0.2) is 0 Å². The number of alkyl halides is 1. The molecule has 0 fully saturated rings. The number of hydrogen-bond acceptors (Lipinski definition) is 2. The first kappa shape index (κ1) is 18.9. The van der Waals surface area contributed by atoms with Crippen molar-refractivity contribution in [2.45, 2.75) is 89.3 Å². The van der Waals surface area contributed by atoms with Crippen LogP contribution in [0.3, 0.4) is 0 Å². The van der Waals surface area contributed by atoms with Crippen LogP contribution < -0.4 is 0 Å². The third kappa shape index (κ3) is 12.7. The topological polar surface area (TPSA) is 26.3 Å². The number of carbonyl (C=O) groups excluding carboxylic acids is 1. The van der Waals surface area contributed by atoms with E-state index < -0.39 is 0 Å². The van der Waals surface area contributed by atoms with Crippen LogP contribution >= 0.6 is 15.9 Å². The van der Waals surface area contributed by atoms with E-state index in [9.17, 15) is 4.79 Å². The zero-order valence-corrected chi connectivity index (χ0v) is 14.3. The van der Waals surface area contributed by atoms with Crippen molar-refractivity contribution >= 4 is 21.9 Å². The van der Waals surface area contributed by atoms with Crippen molar-refractivity contribution < 1.29 is 9.53 Å². The summed E-state index contributed by atoms with van der Waals surface area (Å²) >= 11 is 3.30. The number of hydrogen-bond donors (Lipinski definition) is 0. The molecule has 0 N–H and O–H groups in total. The van der Waals surface area contributed by atoms with Gasteiger partial charge in [-0.05, 0) is 12.8 Å². The highest BCUT2D eigenvalue weighted by Crippen LogP contribution is 2.11. The van der Waals surface area contributed by atoms with E-state index in [1.54, 1.807) is 0 Å². The van der Waals surface area contributed by atoms with Crippen LogP contribution in [-0.2, 0) is 9.53 Å². The third-order valence-electron chi connectivity index (χ3n) is 3.36. The van der Waals surface area contributed by atoms with Gasteiger partial charge in [0.25, 0.3) is 0 Å². The smallest absolute Gasteiger partial charge is 0.319 e. The first-order valence-electron chi connectivity index (χ1n) is 8.03. The zero-order chi connectivity index (χ0) is 14.3. The Hall–Kier alpha value is -0.0500. The molecule has 0 saturated heterocycles. The van der Waals surface area contributed by atoms with Gasteiger partial charge in [-0.3, -0.25) is 4.79 Å². The summed E-state index contributed by atoms with van der Waals surface area (Å²) in [4.78, 5) is 11.2. The summed E-state index contributed by atoms with van der Waals surface area (Å²) in [7, 11) is 0. The summed E-state index contributed by atoms with van der Waals surface area (Å²) in [5.74, 6) is -0.113. The van der Waals surface area contributed by atoms with Gasteiger partial charge in [-0.25, -0.2) is 0 Å². The van der Waals surface area contributed by atoms with E-state index in [2.05, 4.69) is 22.9 Å². The zero-order valence-electron chi connectivity index (χ0n) is 12.8. The lowest BCUT2D eigenvalue weighted by Gasteiger charge is -2.07. The predicted molar refractivity (Wildman–Crippen MR) is 85.8 cm³/mol. The molecule has 2 nitrogen and oxygen atoms in total. The Balaban J connectivity index is 3.13. The Kier molecular flexibility index (Phi) is 14.3. The number of unbranched alkanes of at least 4 members (excludes halogenated alkanes) is 9. The van der Waals surface area contributed by atoms with Crippen molar-refractivity contribution in [3.8, 4) is 0 Å². The summed E-state index contributed by atoms with van der Waals surface area (Å²) < 4.78 is 5.18. The molecule has 0 aromatic heterocycles. The molecule has 0 aliphatic rings. The second-order valence-corrected chi connectivity index (χ2v) is 6.33. The lowest BCUT2D eigenvalue weighted by Crippen LogP contribution is -2.16. The van der Waals surface area contributed by atoms with Gasteiger partial charge in [0.2, 0.25) is 0 Å². The van der Waals surface area contributed by atoms with Crippen LogP contribution in [0, 0.1) is 0 Å². The van der Waals surface area contributed by atoms with Crippen molar-refractivity contribution in [1.82, 2.24) is 0 Å². The number of rotatable bonds is 13. The molecular formula is C16H31BrO2. The maximum Gasteiger partial charge on any atom is 0.319 e. The van der Waals surface area contributed by atoms with Crippen molar-refractivity contribution in [1.29, 1.82) is 0 Å². The minimum atomic E-state index is -0.129. The van der Waals surface area contributed by atoms with Crippen molar-refractivity contribution in [3.63, 3.8) is 0 Å². The van der Waals surface area contributed by atoms with Crippen molar-refractivity contribution in [2.75, 3.05) is 6.61 Å². The first-order chi connectivity index (χ1) is 9.22. The van der Waals surface area contributed by atoms with E-state index in [0.29, 0.717) is 6.61 Å². The second kappa shape index (κ2) is 14.4. The molecule has 0 radical (unpaired) electrons. The molecule has 19 heavy (non-hydrogen) atoms. The molecule has 0 rings (SSSR count). The molecule has 0 heterocycles. The molecule has 0 amide bonds. The summed E-state index contributed by atoms with van der Waals surface area (Å²) in [5.41, 5.74) is 0. The Morgan fingerprint density at radius 2 is 1.37 bits per heavy atom. The van der Waals surface area contributed by atoms with Crippen molar-refractivity contribution in [2.24, 2.45) is 0 Å². The highest BCUT2D eigenvalue weighted by atomic mass is 79.9. The molecular weight excluding hydrogens is 304 g/mol. The fourth-order valence-corrected chi connectivity index (χ4v) is 2.15. The Bertz CT molecular complexity index is 207. The molecule has 114 valence electrons. The quantitative estimate of drug-likeness (QED) is 0.248. The van der Waals surface area contributed by atoms with Crippen LogP contribution in [0.1, 0.15) is 84.5 Å². The van der Waals surface area contributed by atoms with Gasteiger partial charge in [-0.1, -0.05) is 87.6 Å². The Labute approximate surface area is 127 Å². The van der Waals surface area contributed by atoms with Crippen LogP contribution in [-0.4, -0.2) is 17.4 Å². The summed E-state index contributed by atoms with van der Waals surface area (Å²) in [6.45, 7) is 4.81. The fraction of sp³-hybridized carbons (Fsp3) is 0.938. The molecule has 0 aliphatic heterocycles. The lowest BCUT2D eigenvalue weighted by molar-refractivity contribution is -0.142. The number of carbonyl (C=O) groups is 1. The Morgan fingerprint density at radius 1 is 0.895 bits per heavy atom. The summed E-state index contributed by atoms with van der Waals surface area (Å²) in [5, 5.41) is 0. The first-order valence-corrected chi connectivity index (χ1v) is 8.94. The largest absolute Gasteiger partial charge is 0.465 e. The van der Waals surface area contributed by atoms with Gasteiger partial charge in [-0.15, -0.1) is 0 Å². The van der Waals surface area contributed by atoms with Crippen molar-refractivity contribution in [3.05, 3.63) is 0 Å². The maximum absolute atomic E-state index is 11.4. The van der Waals surface area contributed by atoms with E-state index in [4.69, 9.17) is 4.74 Å². The average molecular weight is 335 g/mol. The van der Waals surface area contributed by atoms with E-state index in [-0.39, 0.29) is 10.8 Å². The molecule has 0 aliphatic carbocycles. The van der Waals surface area contributed by atoms with Gasteiger partial charge >= 0.3 is 5.97 Å². The average Bonchev–Trinajstić information content (AvgIpc) is 2.43. The highest BCUT2D eigenvalue weighted by molar-refractivity contribution is 9.10. The molecule has 0 bridgehead atoms. The van der Waals surface area contributed by atoms with E-state index in [1.165, 1.54) is 57.8 Å². The maximum atomic E-state index is 11.4. The molecule has 0 spiro atoms. The Morgan fingerprint density at radius 3 is 1.84 bits per heavy atom. The molecule has 0 aromatic rings. The van der Waals surface area contributed by atoms with E-state index in [1.807, 2.05) is 6.92 Å². The lowest BCUT2D eigenvalue weighted by atomic mass is 10.1. The van der Waals surface area contributed by atoms with E-state index in [0.717, 1.165) is 12.8 Å². The minimum absolute atomic E-state index is 0.113. The SMILES string of the molecule is CCCCCCCCCCCCOC(=O)C(Br)CC. The molecule has 1 unspecified atom stereocenters. The van der Waals surface area contributed by atoms with Gasteiger partial charge in [-0.2, -0.15) is 0 Å². The monoisotopic (exact) mass is 334 g/mol. The predicted octanol–water partition coefficient (Wildman–Crippen LogP) is 5.62. The molecule has 1 atom stereocenters. The van der Waals surface area contributed by atoms with Gasteiger partial charge in [0, 0.05) is 0 Å². The highest BCUT2D eigenvalue weighted by Gasteiger charge is 2.12. The fourth-order valence-electron chi connectivity index (χ4n) is 2.02. The van der Waals surface area contributed by atoms with Crippen LogP contribution in [0.4, 0.5) is 0 Å². The molecule has 0 saturated carbocycles. The van der Waals surface area contributed by atoms with Crippen LogP contribution in [0.25, 0.3) is 0 Å². The van der Waals surface area contributed by atoms with E-state index >= 15 is 0 Å². The normalized spacial score (nSPS) is 12.4. The summed E-state index contributed by atoms with van der Waals surface area (Å²) in [6.07, 6.45) is 13.8. The van der Waals surface area contributed by atoms with Crippen LogP contribution in [0.2, 0.25) is 0 Å². The van der Waals surface area contributed by atoms with Gasteiger partial charge < -0.3 is 4.74 Å².